The van der Waals surface area contributed by atoms with Gasteiger partial charge in [0.2, 0.25) is 5.88 Å². The van der Waals surface area contributed by atoms with Crippen molar-refractivity contribution < 1.29 is 14.6 Å². The van der Waals surface area contributed by atoms with Gasteiger partial charge in [-0.25, -0.2) is 9.97 Å². The number of fused-ring (bicyclic) bond motifs is 3. The third-order valence-electron chi connectivity index (χ3n) is 3.78. The number of H-pyrrole nitrogens is 1. The first kappa shape index (κ1) is 10.3. The summed E-state index contributed by atoms with van der Waals surface area (Å²) in [6, 6.07) is 0. The van der Waals surface area contributed by atoms with Crippen molar-refractivity contribution in [1.82, 2.24) is 15.0 Å². The summed E-state index contributed by atoms with van der Waals surface area (Å²) in [6.45, 7) is 1.28. The molecule has 0 bridgehead atoms. The lowest BCUT2D eigenvalue weighted by Gasteiger charge is -2.31. The summed E-state index contributed by atoms with van der Waals surface area (Å²) < 4.78 is 11.5. The van der Waals surface area contributed by atoms with Crippen LogP contribution in [0.5, 0.6) is 5.88 Å². The van der Waals surface area contributed by atoms with Crippen molar-refractivity contribution >= 4 is 11.0 Å². The number of hydrogen-bond acceptors (Lipinski definition) is 5. The predicted octanol–water partition coefficient (Wildman–Crippen LogP) is 0.895. The summed E-state index contributed by atoms with van der Waals surface area (Å²) in [7, 11) is 0. The lowest BCUT2D eigenvalue weighted by molar-refractivity contribution is -0.163. The largest absolute Gasteiger partial charge is 0.493 e. The van der Waals surface area contributed by atoms with Gasteiger partial charge in [0, 0.05) is 18.5 Å². The Morgan fingerprint density at radius 2 is 2.11 bits per heavy atom. The van der Waals surface area contributed by atoms with Crippen molar-refractivity contribution in [2.75, 3.05) is 13.2 Å². The molecule has 0 atom stereocenters. The Hall–Kier alpha value is -1.66. The average Bonchev–Trinajstić information content (AvgIpc) is 2.95. The second-order valence-electron chi connectivity index (χ2n) is 4.79. The van der Waals surface area contributed by atoms with Crippen LogP contribution in [0, 0.1) is 0 Å². The summed E-state index contributed by atoms with van der Waals surface area (Å²) in [5, 5.41) is 10.6. The Morgan fingerprint density at radius 1 is 1.28 bits per heavy atom. The second-order valence-corrected chi connectivity index (χ2v) is 4.79. The third kappa shape index (κ3) is 1.30. The summed E-state index contributed by atoms with van der Waals surface area (Å²) in [4.78, 5) is 11.2. The van der Waals surface area contributed by atoms with E-state index in [9.17, 15) is 5.11 Å². The minimum atomic E-state index is -0.510. The first-order valence-corrected chi connectivity index (χ1v) is 6.09. The van der Waals surface area contributed by atoms with Crippen LogP contribution < -0.4 is 0 Å². The van der Waals surface area contributed by atoms with Gasteiger partial charge in [0.05, 0.1) is 18.6 Å². The lowest BCUT2D eigenvalue weighted by Crippen LogP contribution is -2.36. The van der Waals surface area contributed by atoms with Crippen LogP contribution in [0.25, 0.3) is 11.0 Å². The van der Waals surface area contributed by atoms with E-state index in [1.165, 1.54) is 6.33 Å². The van der Waals surface area contributed by atoms with Crippen molar-refractivity contribution in [2.45, 2.75) is 25.0 Å². The SMILES string of the molecule is Oc1ncnc2[nH]c3c(c12)CC1(CC3)OCCO1. The van der Waals surface area contributed by atoms with Gasteiger partial charge in [-0.05, 0) is 12.0 Å². The molecule has 6 nitrogen and oxygen atoms in total. The quantitative estimate of drug-likeness (QED) is 0.722. The van der Waals surface area contributed by atoms with Crippen LogP contribution in [-0.2, 0) is 22.3 Å². The molecule has 1 saturated heterocycles. The van der Waals surface area contributed by atoms with E-state index >= 15 is 0 Å². The summed E-state index contributed by atoms with van der Waals surface area (Å²) in [5.41, 5.74) is 2.81. The average molecular weight is 247 g/mol. The van der Waals surface area contributed by atoms with E-state index in [1.807, 2.05) is 0 Å². The van der Waals surface area contributed by atoms with Crippen molar-refractivity contribution in [3.05, 3.63) is 17.6 Å². The highest BCUT2D eigenvalue weighted by Gasteiger charge is 2.41. The topological polar surface area (TPSA) is 80.3 Å². The highest BCUT2D eigenvalue weighted by Crippen LogP contribution is 2.39. The van der Waals surface area contributed by atoms with Crippen LogP contribution in [0.3, 0.4) is 0 Å². The molecule has 2 aromatic rings. The fourth-order valence-electron chi connectivity index (χ4n) is 2.94. The number of aromatic hydroxyl groups is 1. The molecule has 18 heavy (non-hydrogen) atoms. The van der Waals surface area contributed by atoms with Gasteiger partial charge < -0.3 is 19.6 Å². The van der Waals surface area contributed by atoms with Gasteiger partial charge in [0.15, 0.2) is 5.79 Å². The molecular formula is C12H13N3O3. The molecule has 1 fully saturated rings. The third-order valence-corrected chi connectivity index (χ3v) is 3.78. The molecular weight excluding hydrogens is 234 g/mol. The predicted molar refractivity (Wildman–Crippen MR) is 62.2 cm³/mol. The van der Waals surface area contributed by atoms with Crippen LogP contribution in [0.1, 0.15) is 17.7 Å². The van der Waals surface area contributed by atoms with Crippen molar-refractivity contribution in [3.63, 3.8) is 0 Å². The number of nitrogens with one attached hydrogen (secondary N) is 1. The second kappa shape index (κ2) is 3.43. The fourth-order valence-corrected chi connectivity index (χ4v) is 2.94. The Kier molecular flexibility index (Phi) is 1.96. The number of aryl methyl sites for hydroxylation is 1. The number of aromatic amines is 1. The zero-order valence-electron chi connectivity index (χ0n) is 9.77. The van der Waals surface area contributed by atoms with Gasteiger partial charge in [0.25, 0.3) is 0 Å². The maximum atomic E-state index is 9.89. The van der Waals surface area contributed by atoms with Crippen LogP contribution >= 0.6 is 0 Å². The summed E-state index contributed by atoms with van der Waals surface area (Å²) >= 11 is 0. The fraction of sp³-hybridized carbons (Fsp3) is 0.500. The number of nitrogens with zero attached hydrogens (tertiary/aromatic N) is 2. The van der Waals surface area contributed by atoms with E-state index in [0.29, 0.717) is 30.7 Å². The van der Waals surface area contributed by atoms with Gasteiger partial charge in [-0.3, -0.25) is 0 Å². The van der Waals surface area contributed by atoms with Crippen molar-refractivity contribution in [3.8, 4) is 5.88 Å². The minimum Gasteiger partial charge on any atom is -0.493 e. The molecule has 0 radical (unpaired) electrons. The molecule has 0 saturated carbocycles. The minimum absolute atomic E-state index is 0.0209. The molecule has 1 aliphatic heterocycles. The Labute approximate surface area is 103 Å². The molecule has 2 N–H and O–H groups in total. The molecule has 1 aliphatic carbocycles. The van der Waals surface area contributed by atoms with E-state index in [-0.39, 0.29) is 5.88 Å². The van der Waals surface area contributed by atoms with E-state index < -0.39 is 5.79 Å². The summed E-state index contributed by atoms with van der Waals surface area (Å²) in [5.74, 6) is -0.489. The first-order valence-electron chi connectivity index (χ1n) is 6.09. The van der Waals surface area contributed by atoms with E-state index in [1.54, 1.807) is 0 Å². The monoisotopic (exact) mass is 247 g/mol. The van der Waals surface area contributed by atoms with E-state index in [2.05, 4.69) is 15.0 Å². The molecule has 4 rings (SSSR count). The number of rotatable bonds is 0. The molecule has 3 heterocycles. The normalized spacial score (nSPS) is 21.6. The van der Waals surface area contributed by atoms with Crippen LogP contribution in [0.4, 0.5) is 0 Å². The first-order chi connectivity index (χ1) is 8.77. The maximum Gasteiger partial charge on any atom is 0.223 e. The van der Waals surface area contributed by atoms with Crippen LogP contribution in [0.2, 0.25) is 0 Å². The van der Waals surface area contributed by atoms with Crippen molar-refractivity contribution in [1.29, 1.82) is 0 Å². The standard InChI is InChI=1S/C12H13N3O3/c16-11-9-7-5-12(17-3-4-18-12)2-1-8(7)15-10(9)13-6-14-11/h6H,1-5H2,(H2,13,14,15,16). The zero-order valence-corrected chi connectivity index (χ0v) is 9.77. The van der Waals surface area contributed by atoms with Crippen LogP contribution in [0.15, 0.2) is 6.33 Å². The molecule has 0 unspecified atom stereocenters. The van der Waals surface area contributed by atoms with Gasteiger partial charge in [0.1, 0.15) is 12.0 Å². The molecule has 0 aromatic carbocycles. The van der Waals surface area contributed by atoms with Gasteiger partial charge in [-0.1, -0.05) is 0 Å². The molecule has 2 aliphatic rings. The van der Waals surface area contributed by atoms with Crippen LogP contribution in [-0.4, -0.2) is 39.1 Å². The lowest BCUT2D eigenvalue weighted by atomic mass is 9.91. The maximum absolute atomic E-state index is 9.89. The Bertz CT molecular complexity index is 616. The molecule has 94 valence electrons. The molecule has 0 amide bonds. The van der Waals surface area contributed by atoms with Crippen molar-refractivity contribution in [2.24, 2.45) is 0 Å². The van der Waals surface area contributed by atoms with E-state index in [4.69, 9.17) is 9.47 Å². The number of ether oxygens (including phenoxy) is 2. The Morgan fingerprint density at radius 3 is 2.94 bits per heavy atom. The molecule has 2 aromatic heterocycles. The molecule has 6 heteroatoms. The van der Waals surface area contributed by atoms with Gasteiger partial charge in [-0.2, -0.15) is 0 Å². The smallest absolute Gasteiger partial charge is 0.223 e. The number of hydrogen-bond donors (Lipinski definition) is 2. The highest BCUT2D eigenvalue weighted by molar-refractivity contribution is 5.86. The molecule has 1 spiro atoms. The van der Waals surface area contributed by atoms with Gasteiger partial charge in [-0.15, -0.1) is 0 Å². The highest BCUT2D eigenvalue weighted by atomic mass is 16.7. The van der Waals surface area contributed by atoms with Gasteiger partial charge >= 0.3 is 0 Å². The zero-order chi connectivity index (χ0) is 12.2. The Balaban J connectivity index is 1.89. The van der Waals surface area contributed by atoms with E-state index in [0.717, 1.165) is 24.1 Å². The summed E-state index contributed by atoms with van der Waals surface area (Å²) in [6.07, 6.45) is 3.67. The number of aromatic nitrogens is 3.